The van der Waals surface area contributed by atoms with Gasteiger partial charge < -0.3 is 10.1 Å². The monoisotopic (exact) mass is 273 g/mol. The van der Waals surface area contributed by atoms with Crippen molar-refractivity contribution in [3.63, 3.8) is 0 Å². The van der Waals surface area contributed by atoms with Gasteiger partial charge in [-0.2, -0.15) is 0 Å². The van der Waals surface area contributed by atoms with Crippen molar-refractivity contribution in [3.8, 4) is 0 Å². The van der Waals surface area contributed by atoms with Crippen LogP contribution in [0.15, 0.2) is 42.5 Å². The number of benzene rings is 2. The van der Waals surface area contributed by atoms with Crippen LogP contribution in [0.4, 0.5) is 10.1 Å². The number of methoxy groups -OCH3 is 1. The van der Waals surface area contributed by atoms with Crippen LogP contribution in [0.3, 0.4) is 0 Å². The van der Waals surface area contributed by atoms with Crippen LogP contribution in [0.25, 0.3) is 0 Å². The lowest BCUT2D eigenvalue weighted by Gasteiger charge is -2.11. The number of carbonyl (C=O) groups is 1. The van der Waals surface area contributed by atoms with Crippen molar-refractivity contribution >= 4 is 11.6 Å². The molecule has 0 aromatic heterocycles. The first-order valence-electron chi connectivity index (χ1n) is 6.26. The summed E-state index contributed by atoms with van der Waals surface area (Å²) in [5.74, 6) is -0.993. The summed E-state index contributed by atoms with van der Waals surface area (Å²) in [6.07, 6.45) is 0. The molecular weight excluding hydrogens is 257 g/mol. The highest BCUT2D eigenvalue weighted by Crippen LogP contribution is 2.18. The molecule has 0 aliphatic heterocycles. The molecule has 0 unspecified atom stereocenters. The molecule has 0 aliphatic rings. The van der Waals surface area contributed by atoms with Crippen LogP contribution in [0, 0.1) is 12.7 Å². The molecule has 0 spiro atoms. The van der Waals surface area contributed by atoms with Gasteiger partial charge in [-0.25, -0.2) is 4.39 Å². The fraction of sp³-hybridized carbons (Fsp3) is 0.188. The van der Waals surface area contributed by atoms with Gasteiger partial charge >= 0.3 is 0 Å². The van der Waals surface area contributed by atoms with Gasteiger partial charge in [-0.05, 0) is 25.1 Å². The SMILES string of the molecule is COCc1ccccc1NC(=O)c1cc(C)ccc1F. The number of amides is 1. The molecule has 1 amide bonds. The van der Waals surface area contributed by atoms with Gasteiger partial charge in [-0.15, -0.1) is 0 Å². The highest BCUT2D eigenvalue weighted by atomic mass is 19.1. The van der Waals surface area contributed by atoms with Crippen molar-refractivity contribution in [2.24, 2.45) is 0 Å². The van der Waals surface area contributed by atoms with Gasteiger partial charge in [0.25, 0.3) is 5.91 Å². The molecule has 2 aromatic carbocycles. The van der Waals surface area contributed by atoms with E-state index in [4.69, 9.17) is 4.74 Å². The molecule has 1 N–H and O–H groups in total. The van der Waals surface area contributed by atoms with E-state index in [9.17, 15) is 9.18 Å². The summed E-state index contributed by atoms with van der Waals surface area (Å²) in [7, 11) is 1.58. The van der Waals surface area contributed by atoms with E-state index in [0.717, 1.165) is 11.1 Å². The Hall–Kier alpha value is -2.20. The Bertz CT molecular complexity index is 626. The highest BCUT2D eigenvalue weighted by Gasteiger charge is 2.13. The summed E-state index contributed by atoms with van der Waals surface area (Å²) < 4.78 is 18.8. The van der Waals surface area contributed by atoms with Gasteiger partial charge in [-0.3, -0.25) is 4.79 Å². The van der Waals surface area contributed by atoms with Crippen molar-refractivity contribution in [2.45, 2.75) is 13.5 Å². The zero-order chi connectivity index (χ0) is 14.5. The molecule has 3 nitrogen and oxygen atoms in total. The van der Waals surface area contributed by atoms with E-state index in [-0.39, 0.29) is 5.56 Å². The second-order valence-corrected chi connectivity index (χ2v) is 4.53. The Morgan fingerprint density at radius 2 is 2.00 bits per heavy atom. The number of anilines is 1. The molecule has 104 valence electrons. The molecule has 0 atom stereocenters. The Morgan fingerprint density at radius 1 is 1.25 bits per heavy atom. The molecule has 0 bridgehead atoms. The predicted octanol–water partition coefficient (Wildman–Crippen LogP) is 3.53. The van der Waals surface area contributed by atoms with Gasteiger partial charge in [0, 0.05) is 18.4 Å². The second kappa shape index (κ2) is 6.30. The molecule has 4 heteroatoms. The zero-order valence-corrected chi connectivity index (χ0v) is 11.4. The summed E-state index contributed by atoms with van der Waals surface area (Å²) in [4.78, 5) is 12.2. The maximum absolute atomic E-state index is 13.7. The van der Waals surface area contributed by atoms with Crippen LogP contribution in [0.1, 0.15) is 21.5 Å². The smallest absolute Gasteiger partial charge is 0.258 e. The molecule has 2 aromatic rings. The number of ether oxygens (including phenoxy) is 1. The molecule has 20 heavy (non-hydrogen) atoms. The molecule has 0 aliphatic carbocycles. The standard InChI is InChI=1S/C16H16FNO2/c1-11-7-8-14(17)13(9-11)16(19)18-15-6-4-3-5-12(15)10-20-2/h3-9H,10H2,1-2H3,(H,18,19). The number of halogens is 1. The van der Waals surface area contributed by atoms with E-state index in [1.807, 2.05) is 19.1 Å². The van der Waals surface area contributed by atoms with Gasteiger partial charge in [-0.1, -0.05) is 29.8 Å². The topological polar surface area (TPSA) is 38.3 Å². The van der Waals surface area contributed by atoms with E-state index < -0.39 is 11.7 Å². The third-order valence-electron chi connectivity index (χ3n) is 2.93. The molecule has 0 fully saturated rings. The minimum Gasteiger partial charge on any atom is -0.380 e. The highest BCUT2D eigenvalue weighted by molar-refractivity contribution is 6.04. The van der Waals surface area contributed by atoms with Crippen LogP contribution < -0.4 is 5.32 Å². The number of para-hydroxylation sites is 1. The number of carbonyl (C=O) groups excluding carboxylic acids is 1. The Balaban J connectivity index is 2.26. The zero-order valence-electron chi connectivity index (χ0n) is 11.4. The maximum Gasteiger partial charge on any atom is 0.258 e. The average Bonchev–Trinajstić information content (AvgIpc) is 2.44. The number of hydrogen-bond acceptors (Lipinski definition) is 2. The van der Waals surface area contributed by atoms with Gasteiger partial charge in [0.15, 0.2) is 0 Å². The van der Waals surface area contributed by atoms with Crippen molar-refractivity contribution in [3.05, 3.63) is 65.0 Å². The average molecular weight is 273 g/mol. The number of rotatable bonds is 4. The number of aryl methyl sites for hydroxylation is 1. The van der Waals surface area contributed by atoms with Crippen molar-refractivity contribution < 1.29 is 13.9 Å². The molecule has 2 rings (SSSR count). The molecular formula is C16H16FNO2. The minimum absolute atomic E-state index is 0.0391. The van der Waals surface area contributed by atoms with E-state index in [1.165, 1.54) is 12.1 Å². The predicted molar refractivity (Wildman–Crippen MR) is 76.2 cm³/mol. The first-order chi connectivity index (χ1) is 9.61. The van der Waals surface area contributed by atoms with Gasteiger partial charge in [0.1, 0.15) is 5.82 Å². The largest absolute Gasteiger partial charge is 0.380 e. The molecule has 0 saturated carbocycles. The van der Waals surface area contributed by atoms with E-state index in [2.05, 4.69) is 5.32 Å². The number of hydrogen-bond donors (Lipinski definition) is 1. The van der Waals surface area contributed by atoms with Crippen molar-refractivity contribution in [1.29, 1.82) is 0 Å². The quantitative estimate of drug-likeness (QED) is 0.925. The Morgan fingerprint density at radius 3 is 2.75 bits per heavy atom. The van der Waals surface area contributed by atoms with Crippen LogP contribution in [-0.4, -0.2) is 13.0 Å². The fourth-order valence-electron chi connectivity index (χ4n) is 1.93. The van der Waals surface area contributed by atoms with Crippen molar-refractivity contribution in [1.82, 2.24) is 0 Å². The summed E-state index contributed by atoms with van der Waals surface area (Å²) in [6, 6.07) is 11.7. The lowest BCUT2D eigenvalue weighted by Crippen LogP contribution is -2.15. The molecule has 0 radical (unpaired) electrons. The maximum atomic E-state index is 13.7. The summed E-state index contributed by atoms with van der Waals surface area (Å²) in [5.41, 5.74) is 2.34. The first-order valence-corrected chi connectivity index (χ1v) is 6.26. The normalized spacial score (nSPS) is 10.3. The van der Waals surface area contributed by atoms with Crippen LogP contribution in [0.2, 0.25) is 0 Å². The van der Waals surface area contributed by atoms with Crippen molar-refractivity contribution in [2.75, 3.05) is 12.4 Å². The molecule has 0 heterocycles. The lowest BCUT2D eigenvalue weighted by atomic mass is 10.1. The summed E-state index contributed by atoms with van der Waals surface area (Å²) >= 11 is 0. The minimum atomic E-state index is -0.530. The van der Waals surface area contributed by atoms with Crippen LogP contribution >= 0.6 is 0 Å². The third-order valence-corrected chi connectivity index (χ3v) is 2.93. The lowest BCUT2D eigenvalue weighted by molar-refractivity contribution is 0.102. The van der Waals surface area contributed by atoms with E-state index in [0.29, 0.717) is 12.3 Å². The Labute approximate surface area is 117 Å². The van der Waals surface area contributed by atoms with Crippen LogP contribution in [0.5, 0.6) is 0 Å². The van der Waals surface area contributed by atoms with Gasteiger partial charge in [0.2, 0.25) is 0 Å². The first kappa shape index (κ1) is 14.2. The molecule has 0 saturated heterocycles. The summed E-state index contributed by atoms with van der Waals surface area (Å²) in [5, 5.41) is 2.72. The summed E-state index contributed by atoms with van der Waals surface area (Å²) in [6.45, 7) is 2.20. The van der Waals surface area contributed by atoms with Gasteiger partial charge in [0.05, 0.1) is 12.2 Å². The fourth-order valence-corrected chi connectivity index (χ4v) is 1.93. The van der Waals surface area contributed by atoms with Crippen LogP contribution in [-0.2, 0) is 11.3 Å². The van der Waals surface area contributed by atoms with E-state index >= 15 is 0 Å². The Kier molecular flexibility index (Phi) is 4.48. The number of nitrogens with one attached hydrogen (secondary N) is 1. The second-order valence-electron chi connectivity index (χ2n) is 4.53. The van der Waals surface area contributed by atoms with E-state index in [1.54, 1.807) is 25.3 Å². The third kappa shape index (κ3) is 3.22.